The maximum atomic E-state index is 5.82. The second-order valence-electron chi connectivity index (χ2n) is 4.37. The second-order valence-corrected chi connectivity index (χ2v) is 4.37. The number of fused-ring (bicyclic) bond motifs is 1. The van der Waals surface area contributed by atoms with Crippen molar-refractivity contribution in [3.63, 3.8) is 0 Å². The molecule has 3 aromatic rings. The summed E-state index contributed by atoms with van der Waals surface area (Å²) in [6.45, 7) is 0.502. The highest BCUT2D eigenvalue weighted by atomic mass is 16.5. The largest absolute Gasteiger partial charge is 0.472 e. The van der Waals surface area contributed by atoms with E-state index in [1.54, 1.807) is 6.20 Å². The van der Waals surface area contributed by atoms with Crippen LogP contribution in [0.25, 0.3) is 10.8 Å². The smallest absolute Gasteiger partial charge is 0.221 e. The number of anilines is 1. The molecule has 0 unspecified atom stereocenters. The predicted molar refractivity (Wildman–Crippen MR) is 76.9 cm³/mol. The van der Waals surface area contributed by atoms with E-state index in [0.717, 1.165) is 16.3 Å². The zero-order valence-corrected chi connectivity index (χ0v) is 10.4. The molecule has 2 aromatic carbocycles. The molecule has 3 nitrogen and oxygen atoms in total. The van der Waals surface area contributed by atoms with Gasteiger partial charge in [0.2, 0.25) is 5.88 Å². The van der Waals surface area contributed by atoms with Gasteiger partial charge in [-0.1, -0.05) is 36.4 Å². The van der Waals surface area contributed by atoms with E-state index in [0.29, 0.717) is 18.2 Å². The minimum Gasteiger partial charge on any atom is -0.472 e. The summed E-state index contributed by atoms with van der Waals surface area (Å²) in [6, 6.07) is 17.7. The first-order chi connectivity index (χ1) is 9.33. The molecule has 0 aliphatic rings. The van der Waals surface area contributed by atoms with Gasteiger partial charge < -0.3 is 10.5 Å². The van der Waals surface area contributed by atoms with Gasteiger partial charge in [0.05, 0.1) is 0 Å². The molecule has 0 spiro atoms. The maximum absolute atomic E-state index is 5.82. The minimum atomic E-state index is 0.502. The number of aromatic nitrogens is 1. The normalized spacial score (nSPS) is 10.5. The number of pyridine rings is 1. The third-order valence-corrected chi connectivity index (χ3v) is 2.97. The SMILES string of the molecule is Nc1ccc2ccnc(OCc3ccccc3)c2c1. The van der Waals surface area contributed by atoms with Crippen molar-refractivity contribution in [1.29, 1.82) is 0 Å². The van der Waals surface area contributed by atoms with Crippen molar-refractivity contribution in [2.24, 2.45) is 0 Å². The maximum Gasteiger partial charge on any atom is 0.221 e. The summed E-state index contributed by atoms with van der Waals surface area (Å²) >= 11 is 0. The Morgan fingerprint density at radius 3 is 2.68 bits per heavy atom. The van der Waals surface area contributed by atoms with Crippen LogP contribution < -0.4 is 10.5 Å². The minimum absolute atomic E-state index is 0.502. The molecule has 0 atom stereocenters. The molecule has 3 heteroatoms. The predicted octanol–water partition coefficient (Wildman–Crippen LogP) is 3.40. The molecule has 3 rings (SSSR count). The van der Waals surface area contributed by atoms with Gasteiger partial charge in [-0.25, -0.2) is 4.98 Å². The zero-order chi connectivity index (χ0) is 13.1. The van der Waals surface area contributed by atoms with Crippen LogP contribution in [0.3, 0.4) is 0 Å². The average molecular weight is 250 g/mol. The van der Waals surface area contributed by atoms with Crippen LogP contribution in [0, 0.1) is 0 Å². The monoisotopic (exact) mass is 250 g/mol. The molecule has 0 saturated carbocycles. The van der Waals surface area contributed by atoms with Crippen LogP contribution in [0.5, 0.6) is 5.88 Å². The number of ether oxygens (including phenoxy) is 1. The Kier molecular flexibility index (Phi) is 3.02. The number of nitrogens with two attached hydrogens (primary N) is 1. The van der Waals surface area contributed by atoms with Gasteiger partial charge in [-0.05, 0) is 29.1 Å². The van der Waals surface area contributed by atoms with Crippen molar-refractivity contribution in [1.82, 2.24) is 4.98 Å². The summed E-state index contributed by atoms with van der Waals surface area (Å²) in [6.07, 6.45) is 1.75. The van der Waals surface area contributed by atoms with Crippen molar-refractivity contribution in [2.75, 3.05) is 5.73 Å². The molecule has 19 heavy (non-hydrogen) atoms. The fourth-order valence-corrected chi connectivity index (χ4v) is 2.00. The molecule has 0 radical (unpaired) electrons. The van der Waals surface area contributed by atoms with Crippen molar-refractivity contribution in [3.05, 3.63) is 66.4 Å². The molecule has 0 amide bonds. The molecular formula is C16H14N2O. The van der Waals surface area contributed by atoms with Crippen LogP contribution in [-0.4, -0.2) is 4.98 Å². The van der Waals surface area contributed by atoms with Gasteiger partial charge in [0.1, 0.15) is 6.61 Å². The Morgan fingerprint density at radius 1 is 1.00 bits per heavy atom. The van der Waals surface area contributed by atoms with Crippen LogP contribution in [0.15, 0.2) is 60.8 Å². The van der Waals surface area contributed by atoms with E-state index >= 15 is 0 Å². The molecule has 0 aliphatic carbocycles. The summed E-state index contributed by atoms with van der Waals surface area (Å²) in [5.41, 5.74) is 7.65. The fourth-order valence-electron chi connectivity index (χ4n) is 2.00. The summed E-state index contributed by atoms with van der Waals surface area (Å²) < 4.78 is 5.79. The van der Waals surface area contributed by atoms with Gasteiger partial charge >= 0.3 is 0 Å². The highest BCUT2D eigenvalue weighted by Crippen LogP contribution is 2.25. The summed E-state index contributed by atoms with van der Waals surface area (Å²) in [7, 11) is 0. The van der Waals surface area contributed by atoms with Gasteiger partial charge in [-0.15, -0.1) is 0 Å². The highest BCUT2D eigenvalue weighted by Gasteiger charge is 2.04. The summed E-state index contributed by atoms with van der Waals surface area (Å²) in [5.74, 6) is 0.619. The van der Waals surface area contributed by atoms with E-state index in [1.165, 1.54) is 0 Å². The standard InChI is InChI=1S/C16H14N2O/c17-14-7-6-13-8-9-18-16(15(13)10-14)19-11-12-4-2-1-3-5-12/h1-10H,11,17H2. The van der Waals surface area contributed by atoms with Gasteiger partial charge in [0.15, 0.2) is 0 Å². The number of rotatable bonds is 3. The first-order valence-corrected chi connectivity index (χ1v) is 6.14. The van der Waals surface area contributed by atoms with Gasteiger partial charge in [0, 0.05) is 17.3 Å². The van der Waals surface area contributed by atoms with Crippen LogP contribution in [0.1, 0.15) is 5.56 Å². The molecule has 2 N–H and O–H groups in total. The Balaban J connectivity index is 1.90. The topological polar surface area (TPSA) is 48.1 Å². The first-order valence-electron chi connectivity index (χ1n) is 6.14. The van der Waals surface area contributed by atoms with Crippen molar-refractivity contribution < 1.29 is 4.74 Å². The average Bonchev–Trinajstić information content (AvgIpc) is 2.46. The summed E-state index contributed by atoms with van der Waals surface area (Å²) in [4.78, 5) is 4.29. The van der Waals surface area contributed by atoms with E-state index in [-0.39, 0.29) is 0 Å². The van der Waals surface area contributed by atoms with E-state index in [1.807, 2.05) is 54.6 Å². The second kappa shape index (κ2) is 4.98. The van der Waals surface area contributed by atoms with Gasteiger partial charge in [-0.2, -0.15) is 0 Å². The van der Waals surface area contributed by atoms with E-state index in [4.69, 9.17) is 10.5 Å². The van der Waals surface area contributed by atoms with Crippen LogP contribution in [-0.2, 0) is 6.61 Å². The number of nitrogen functional groups attached to an aromatic ring is 1. The molecule has 0 saturated heterocycles. The Hall–Kier alpha value is -2.55. The van der Waals surface area contributed by atoms with Gasteiger partial charge in [-0.3, -0.25) is 0 Å². The molecule has 1 aromatic heterocycles. The van der Waals surface area contributed by atoms with Gasteiger partial charge in [0.25, 0.3) is 0 Å². The number of nitrogens with zero attached hydrogens (tertiary/aromatic N) is 1. The third-order valence-electron chi connectivity index (χ3n) is 2.97. The van der Waals surface area contributed by atoms with Crippen LogP contribution in [0.2, 0.25) is 0 Å². The molecule has 0 aliphatic heterocycles. The van der Waals surface area contributed by atoms with Crippen LogP contribution >= 0.6 is 0 Å². The Morgan fingerprint density at radius 2 is 1.84 bits per heavy atom. The first kappa shape index (κ1) is 11.5. The Bertz CT molecular complexity index is 695. The van der Waals surface area contributed by atoms with E-state index in [2.05, 4.69) is 4.98 Å². The summed E-state index contributed by atoms with van der Waals surface area (Å²) in [5, 5.41) is 2.02. The lowest BCUT2D eigenvalue weighted by Crippen LogP contribution is -1.98. The molecular weight excluding hydrogens is 236 g/mol. The van der Waals surface area contributed by atoms with Crippen molar-refractivity contribution in [2.45, 2.75) is 6.61 Å². The number of hydrogen-bond donors (Lipinski definition) is 1. The molecule has 1 heterocycles. The third kappa shape index (κ3) is 2.50. The lowest BCUT2D eigenvalue weighted by molar-refractivity contribution is 0.298. The molecule has 0 fully saturated rings. The van der Waals surface area contributed by atoms with Crippen molar-refractivity contribution in [3.8, 4) is 5.88 Å². The lowest BCUT2D eigenvalue weighted by atomic mass is 10.1. The van der Waals surface area contributed by atoms with Crippen LogP contribution in [0.4, 0.5) is 5.69 Å². The quantitative estimate of drug-likeness (QED) is 0.725. The Labute approximate surface area is 111 Å². The van der Waals surface area contributed by atoms with E-state index in [9.17, 15) is 0 Å². The fraction of sp³-hybridized carbons (Fsp3) is 0.0625. The highest BCUT2D eigenvalue weighted by molar-refractivity contribution is 5.89. The lowest BCUT2D eigenvalue weighted by Gasteiger charge is -2.08. The molecule has 94 valence electrons. The van der Waals surface area contributed by atoms with Crippen molar-refractivity contribution >= 4 is 16.5 Å². The molecule has 0 bridgehead atoms. The van der Waals surface area contributed by atoms with E-state index < -0.39 is 0 Å². The number of hydrogen-bond acceptors (Lipinski definition) is 3. The number of benzene rings is 2. The zero-order valence-electron chi connectivity index (χ0n) is 10.4.